The molecule has 5 heteroatoms. The van der Waals surface area contributed by atoms with Gasteiger partial charge in [-0.1, -0.05) is 49.4 Å². The van der Waals surface area contributed by atoms with E-state index in [9.17, 15) is 0 Å². The number of halogens is 1. The molecule has 0 amide bonds. The van der Waals surface area contributed by atoms with Crippen molar-refractivity contribution in [2.75, 3.05) is 5.32 Å². The van der Waals surface area contributed by atoms with E-state index in [0.29, 0.717) is 11.1 Å². The van der Waals surface area contributed by atoms with Crippen molar-refractivity contribution in [3.8, 4) is 0 Å². The van der Waals surface area contributed by atoms with Gasteiger partial charge in [0.2, 0.25) is 0 Å². The Kier molecular flexibility index (Phi) is 3.85. The fourth-order valence-electron chi connectivity index (χ4n) is 3.51. The summed E-state index contributed by atoms with van der Waals surface area (Å²) >= 11 is 6.41. The molecule has 1 fully saturated rings. The fraction of sp³-hybridized carbons (Fsp3) is 0.444. The van der Waals surface area contributed by atoms with Gasteiger partial charge in [-0.3, -0.25) is 0 Å². The molecule has 120 valence electrons. The molecule has 2 aromatic heterocycles. The molecule has 1 N–H and O–H groups in total. The van der Waals surface area contributed by atoms with Gasteiger partial charge in [0.25, 0.3) is 0 Å². The lowest BCUT2D eigenvalue weighted by atomic mass is 10.1. The zero-order valence-electron chi connectivity index (χ0n) is 13.3. The summed E-state index contributed by atoms with van der Waals surface area (Å²) in [5.41, 5.74) is 2.60. The summed E-state index contributed by atoms with van der Waals surface area (Å²) in [6.07, 6.45) is 7.72. The predicted molar refractivity (Wildman–Crippen MR) is 95.4 cm³/mol. The van der Waals surface area contributed by atoms with E-state index < -0.39 is 0 Å². The summed E-state index contributed by atoms with van der Waals surface area (Å²) in [4.78, 5) is 4.81. The van der Waals surface area contributed by atoms with Crippen molar-refractivity contribution in [3.63, 3.8) is 0 Å². The molecule has 1 aliphatic carbocycles. The third-order valence-corrected chi connectivity index (χ3v) is 5.21. The van der Waals surface area contributed by atoms with Gasteiger partial charge >= 0.3 is 0 Å². The third kappa shape index (κ3) is 2.65. The van der Waals surface area contributed by atoms with Gasteiger partial charge in [0.05, 0.1) is 11.2 Å². The molecule has 23 heavy (non-hydrogen) atoms. The van der Waals surface area contributed by atoms with Crippen molar-refractivity contribution < 1.29 is 0 Å². The van der Waals surface area contributed by atoms with Crippen LogP contribution in [0.15, 0.2) is 24.3 Å². The molecule has 3 aromatic rings. The summed E-state index contributed by atoms with van der Waals surface area (Å²) in [7, 11) is 0. The van der Waals surface area contributed by atoms with Crippen molar-refractivity contribution in [1.29, 1.82) is 0 Å². The molecule has 0 bridgehead atoms. The molecule has 0 unspecified atom stereocenters. The highest BCUT2D eigenvalue weighted by atomic mass is 35.5. The smallest absolute Gasteiger partial charge is 0.176 e. The first kappa shape index (κ1) is 14.8. The van der Waals surface area contributed by atoms with Crippen molar-refractivity contribution in [1.82, 2.24) is 14.6 Å². The normalized spacial score (nSPS) is 16.8. The zero-order chi connectivity index (χ0) is 15.8. The molecule has 0 saturated heterocycles. The Balaban J connectivity index is 1.84. The number of fused-ring (bicyclic) bond motifs is 3. The Labute approximate surface area is 140 Å². The van der Waals surface area contributed by atoms with Gasteiger partial charge in [-0.15, -0.1) is 0 Å². The fourth-order valence-corrected chi connectivity index (χ4v) is 3.67. The van der Waals surface area contributed by atoms with Crippen LogP contribution in [0.1, 0.15) is 44.2 Å². The van der Waals surface area contributed by atoms with Crippen LogP contribution in [0.4, 0.5) is 5.82 Å². The SMILES string of the molecule is Cc1nn2c(nc(NC3CCCCCC3)c3ccccc32)c1Cl. The quantitative estimate of drug-likeness (QED) is 0.675. The number of hydrogen-bond donors (Lipinski definition) is 1. The van der Waals surface area contributed by atoms with Crippen LogP contribution in [0.2, 0.25) is 5.02 Å². The standard InChI is InChI=1S/C18H21ClN4/c1-12-16(19)18-21-17(20-13-8-4-2-3-5-9-13)14-10-6-7-11-15(14)23(18)22-12/h6-7,10-11,13H,2-5,8-9H2,1H3,(H,20,21). The number of para-hydroxylation sites is 1. The van der Waals surface area contributed by atoms with Gasteiger partial charge in [0.15, 0.2) is 5.65 Å². The van der Waals surface area contributed by atoms with Crippen LogP contribution in [-0.4, -0.2) is 20.6 Å². The van der Waals surface area contributed by atoms with Crippen LogP contribution in [-0.2, 0) is 0 Å². The van der Waals surface area contributed by atoms with Crippen molar-refractivity contribution in [3.05, 3.63) is 35.0 Å². The molecule has 1 aliphatic rings. The predicted octanol–water partition coefficient (Wildman–Crippen LogP) is 4.98. The number of rotatable bonds is 2. The van der Waals surface area contributed by atoms with Crippen LogP contribution in [0.5, 0.6) is 0 Å². The van der Waals surface area contributed by atoms with E-state index >= 15 is 0 Å². The summed E-state index contributed by atoms with van der Waals surface area (Å²) in [5.74, 6) is 0.932. The number of aryl methyl sites for hydroxylation is 1. The van der Waals surface area contributed by atoms with Crippen LogP contribution >= 0.6 is 11.6 Å². The van der Waals surface area contributed by atoms with Gasteiger partial charge < -0.3 is 5.32 Å². The summed E-state index contributed by atoms with van der Waals surface area (Å²) < 4.78 is 1.85. The average molecular weight is 329 g/mol. The van der Waals surface area contributed by atoms with E-state index in [1.54, 1.807) is 0 Å². The monoisotopic (exact) mass is 328 g/mol. The van der Waals surface area contributed by atoms with Crippen molar-refractivity contribution in [2.24, 2.45) is 0 Å². The van der Waals surface area contributed by atoms with Gasteiger partial charge in [0, 0.05) is 11.4 Å². The molecule has 1 aromatic carbocycles. The highest BCUT2D eigenvalue weighted by Crippen LogP contribution is 2.30. The molecular formula is C18H21ClN4. The maximum atomic E-state index is 6.41. The summed E-state index contributed by atoms with van der Waals surface area (Å²) in [6.45, 7) is 1.92. The molecule has 4 nitrogen and oxygen atoms in total. The van der Waals surface area contributed by atoms with E-state index in [1.165, 1.54) is 38.5 Å². The average Bonchev–Trinajstić information content (AvgIpc) is 2.75. The molecule has 1 saturated carbocycles. The molecule has 4 rings (SSSR count). The molecule has 0 atom stereocenters. The van der Waals surface area contributed by atoms with Crippen LogP contribution in [0.25, 0.3) is 16.6 Å². The molecule has 0 radical (unpaired) electrons. The number of nitrogens with one attached hydrogen (secondary N) is 1. The molecule has 0 aliphatic heterocycles. The van der Waals surface area contributed by atoms with Gasteiger partial charge in [-0.25, -0.2) is 9.50 Å². The first-order valence-electron chi connectivity index (χ1n) is 8.44. The minimum Gasteiger partial charge on any atom is -0.367 e. The number of aromatic nitrogens is 3. The van der Waals surface area contributed by atoms with Gasteiger partial charge in [-0.05, 0) is 31.9 Å². The third-order valence-electron chi connectivity index (χ3n) is 4.77. The molecule has 0 spiro atoms. The lowest BCUT2D eigenvalue weighted by Crippen LogP contribution is -2.19. The maximum Gasteiger partial charge on any atom is 0.176 e. The Morgan fingerprint density at radius 3 is 2.65 bits per heavy atom. The zero-order valence-corrected chi connectivity index (χ0v) is 14.1. The highest BCUT2D eigenvalue weighted by Gasteiger charge is 2.17. The second-order valence-corrected chi connectivity index (χ2v) is 6.82. The Morgan fingerprint density at radius 1 is 1.13 bits per heavy atom. The Bertz CT molecular complexity index is 847. The second-order valence-electron chi connectivity index (χ2n) is 6.45. The van der Waals surface area contributed by atoms with Crippen LogP contribution in [0, 0.1) is 6.92 Å². The first-order valence-corrected chi connectivity index (χ1v) is 8.82. The van der Waals surface area contributed by atoms with Crippen molar-refractivity contribution >= 4 is 34.0 Å². The van der Waals surface area contributed by atoms with Crippen molar-refractivity contribution in [2.45, 2.75) is 51.5 Å². The lowest BCUT2D eigenvalue weighted by molar-refractivity contribution is 0.618. The van der Waals surface area contributed by atoms with E-state index in [0.717, 1.165) is 28.1 Å². The van der Waals surface area contributed by atoms with Crippen LogP contribution in [0.3, 0.4) is 0 Å². The summed E-state index contributed by atoms with van der Waals surface area (Å²) in [5, 5.41) is 9.96. The largest absolute Gasteiger partial charge is 0.367 e. The summed E-state index contributed by atoms with van der Waals surface area (Å²) in [6, 6.07) is 8.75. The minimum absolute atomic E-state index is 0.499. The van der Waals surface area contributed by atoms with Crippen LogP contribution < -0.4 is 5.32 Å². The molecule has 2 heterocycles. The van der Waals surface area contributed by atoms with E-state index in [1.807, 2.05) is 23.6 Å². The second kappa shape index (κ2) is 6.00. The number of hydrogen-bond acceptors (Lipinski definition) is 3. The van der Waals surface area contributed by atoms with E-state index in [4.69, 9.17) is 16.6 Å². The highest BCUT2D eigenvalue weighted by molar-refractivity contribution is 6.34. The first-order chi connectivity index (χ1) is 11.2. The minimum atomic E-state index is 0.499. The van der Waals surface area contributed by atoms with E-state index in [2.05, 4.69) is 22.5 Å². The molecular weight excluding hydrogens is 308 g/mol. The van der Waals surface area contributed by atoms with Gasteiger partial charge in [0.1, 0.15) is 10.8 Å². The Hall–Kier alpha value is -1.81. The lowest BCUT2D eigenvalue weighted by Gasteiger charge is -2.18. The maximum absolute atomic E-state index is 6.41. The topological polar surface area (TPSA) is 42.2 Å². The van der Waals surface area contributed by atoms with Gasteiger partial charge in [-0.2, -0.15) is 5.10 Å². The number of benzene rings is 1. The number of anilines is 1. The Morgan fingerprint density at radius 2 is 1.87 bits per heavy atom. The van der Waals surface area contributed by atoms with E-state index in [-0.39, 0.29) is 0 Å². The number of nitrogens with zero attached hydrogens (tertiary/aromatic N) is 3.